The number of ether oxygens (including phenoxy) is 2. The molecule has 0 fully saturated rings. The summed E-state index contributed by atoms with van der Waals surface area (Å²) >= 11 is 0. The Hall–Kier alpha value is -3.23. The van der Waals surface area contributed by atoms with Crippen LogP contribution in [0.2, 0.25) is 0 Å². The van der Waals surface area contributed by atoms with Crippen molar-refractivity contribution in [3.05, 3.63) is 53.7 Å². The van der Waals surface area contributed by atoms with Gasteiger partial charge in [-0.15, -0.1) is 0 Å². The van der Waals surface area contributed by atoms with Crippen molar-refractivity contribution in [2.75, 3.05) is 26.4 Å². The van der Waals surface area contributed by atoms with Crippen molar-refractivity contribution >= 4 is 23.8 Å². The average molecular weight is 573 g/mol. The van der Waals surface area contributed by atoms with Gasteiger partial charge in [0.25, 0.3) is 0 Å². The van der Waals surface area contributed by atoms with Crippen LogP contribution in [-0.4, -0.2) is 61.2 Å². The molecule has 230 valence electrons. The van der Waals surface area contributed by atoms with Gasteiger partial charge in [-0.3, -0.25) is 24.2 Å². The van der Waals surface area contributed by atoms with Crippen LogP contribution in [0.3, 0.4) is 0 Å². The molecule has 1 unspecified atom stereocenters. The molecule has 1 aromatic heterocycles. The molecule has 0 spiro atoms. The van der Waals surface area contributed by atoms with Crippen molar-refractivity contribution in [1.29, 1.82) is 0 Å². The number of nitrogens with zero attached hydrogens (tertiary/aromatic N) is 1. The molecule has 1 aromatic carbocycles. The van der Waals surface area contributed by atoms with E-state index in [4.69, 9.17) is 9.47 Å². The number of nitrogens with one attached hydrogen (secondary N) is 1. The van der Waals surface area contributed by atoms with Crippen LogP contribution >= 0.6 is 0 Å². The van der Waals surface area contributed by atoms with Gasteiger partial charge in [0.15, 0.2) is 5.78 Å². The van der Waals surface area contributed by atoms with Crippen LogP contribution in [0.15, 0.2) is 42.6 Å². The van der Waals surface area contributed by atoms with Crippen molar-refractivity contribution in [2.45, 2.75) is 87.6 Å². The van der Waals surface area contributed by atoms with Gasteiger partial charge < -0.3 is 14.8 Å². The van der Waals surface area contributed by atoms with E-state index < -0.39 is 0 Å². The molecule has 8 heteroatoms. The predicted molar refractivity (Wildman–Crippen MR) is 166 cm³/mol. The maximum absolute atomic E-state index is 11.5. The van der Waals surface area contributed by atoms with Crippen LogP contribution in [0.1, 0.15) is 90.6 Å². The van der Waals surface area contributed by atoms with Crippen LogP contribution in [-0.2, 0) is 23.9 Å². The van der Waals surface area contributed by atoms with Gasteiger partial charge >= 0.3 is 0 Å². The van der Waals surface area contributed by atoms with E-state index in [9.17, 15) is 19.2 Å². The van der Waals surface area contributed by atoms with Gasteiger partial charge in [0.1, 0.15) is 11.6 Å². The number of hydrogen-bond acceptors (Lipinski definition) is 7. The Morgan fingerprint density at radius 3 is 1.90 bits per heavy atom. The number of pyridine rings is 1. The van der Waals surface area contributed by atoms with Crippen molar-refractivity contribution in [3.8, 4) is 11.3 Å². The number of carbonyl (C=O) groups is 4. The van der Waals surface area contributed by atoms with E-state index in [1.54, 1.807) is 6.20 Å². The molecule has 41 heavy (non-hydrogen) atoms. The van der Waals surface area contributed by atoms with Gasteiger partial charge in [-0.2, -0.15) is 0 Å². The number of aromatic nitrogens is 1. The number of ketones is 3. The number of hydrogen-bond donors (Lipinski definition) is 1. The zero-order chi connectivity index (χ0) is 31.6. The van der Waals surface area contributed by atoms with E-state index in [1.165, 1.54) is 12.5 Å². The molecule has 0 radical (unpaired) electrons. The third-order valence-electron chi connectivity index (χ3n) is 5.43. The fourth-order valence-corrected chi connectivity index (χ4v) is 3.03. The maximum Gasteiger partial charge on any atom is 0.207 e. The lowest BCUT2D eigenvalue weighted by molar-refractivity contribution is -0.123. The summed E-state index contributed by atoms with van der Waals surface area (Å²) in [4.78, 5) is 48.4. The fourth-order valence-electron chi connectivity index (χ4n) is 3.03. The molecule has 0 aliphatic rings. The molecule has 8 nitrogen and oxygen atoms in total. The van der Waals surface area contributed by atoms with Crippen LogP contribution in [0.4, 0.5) is 0 Å². The summed E-state index contributed by atoms with van der Waals surface area (Å²) in [6.45, 7) is 18.3. The summed E-state index contributed by atoms with van der Waals surface area (Å²) in [7, 11) is 0. The number of benzene rings is 1. The Morgan fingerprint density at radius 1 is 0.902 bits per heavy atom. The van der Waals surface area contributed by atoms with Crippen LogP contribution in [0.25, 0.3) is 11.3 Å². The van der Waals surface area contributed by atoms with Gasteiger partial charge in [0, 0.05) is 42.5 Å². The predicted octanol–water partition coefficient (Wildman–Crippen LogP) is 6.43. The lowest BCUT2D eigenvalue weighted by atomic mass is 10.1. The third kappa shape index (κ3) is 19.5. The standard InChI is InChI=1S/C15H15NO.C14H25NO5.2C2H6/c1-3-15(17)13-8-9-14(16-10-13)12-6-4-11(2)5-7-12;1-11(2)14(18)5-7-20-9-13(15-10-16)8-19-6-4-12(3)17;2*1-2/h4-10H,3H2,1-2H3;10-11,13H,4-9H2,1-3H3,(H,15,16);2*1-2H3. The minimum atomic E-state index is -0.270. The molecular weight excluding hydrogens is 520 g/mol. The van der Waals surface area contributed by atoms with Crippen molar-refractivity contribution in [3.63, 3.8) is 0 Å². The second-order valence-electron chi connectivity index (χ2n) is 9.03. The minimum Gasteiger partial charge on any atom is -0.379 e. The second-order valence-corrected chi connectivity index (χ2v) is 9.03. The van der Waals surface area contributed by atoms with Gasteiger partial charge in [-0.05, 0) is 26.0 Å². The van der Waals surface area contributed by atoms with Gasteiger partial charge in [-0.1, -0.05) is 78.3 Å². The molecule has 1 atom stereocenters. The summed E-state index contributed by atoms with van der Waals surface area (Å²) in [6.07, 6.45) is 3.49. The van der Waals surface area contributed by atoms with E-state index in [0.717, 1.165) is 11.3 Å². The lowest BCUT2D eigenvalue weighted by Gasteiger charge is -2.16. The Balaban J connectivity index is 0. The summed E-state index contributed by atoms with van der Waals surface area (Å²) in [6, 6.07) is 11.7. The Morgan fingerprint density at radius 2 is 1.46 bits per heavy atom. The highest BCUT2D eigenvalue weighted by Crippen LogP contribution is 2.18. The van der Waals surface area contributed by atoms with Gasteiger partial charge in [-0.25, -0.2) is 0 Å². The Bertz CT molecular complexity index is 972. The van der Waals surface area contributed by atoms with Crippen molar-refractivity contribution in [2.24, 2.45) is 5.92 Å². The maximum atomic E-state index is 11.5. The monoisotopic (exact) mass is 572 g/mol. The Labute approximate surface area is 247 Å². The Kier molecular flexibility index (Phi) is 25.0. The van der Waals surface area contributed by atoms with Gasteiger partial charge in [0.2, 0.25) is 6.41 Å². The molecule has 1 N–H and O–H groups in total. The van der Waals surface area contributed by atoms with E-state index in [-0.39, 0.29) is 42.5 Å². The number of amides is 1. The van der Waals surface area contributed by atoms with Crippen LogP contribution < -0.4 is 5.32 Å². The van der Waals surface area contributed by atoms with E-state index in [0.29, 0.717) is 44.4 Å². The normalized spacial score (nSPS) is 10.5. The van der Waals surface area contributed by atoms with Crippen LogP contribution in [0.5, 0.6) is 0 Å². The quantitative estimate of drug-likeness (QED) is 0.140. The summed E-state index contributed by atoms with van der Waals surface area (Å²) in [5.74, 6) is 0.362. The highest BCUT2D eigenvalue weighted by atomic mass is 16.5. The zero-order valence-electron chi connectivity index (χ0n) is 26.6. The molecule has 2 aromatic rings. The van der Waals surface area contributed by atoms with Crippen molar-refractivity contribution < 1.29 is 28.7 Å². The topological polar surface area (TPSA) is 112 Å². The second kappa shape index (κ2) is 25.7. The molecule has 0 aliphatic carbocycles. The van der Waals surface area contributed by atoms with E-state index in [2.05, 4.69) is 29.4 Å². The number of rotatable bonds is 16. The SMILES string of the molecule is CC.CC.CC(=O)CCOCC(COCCC(=O)C(C)C)NC=O.CCC(=O)c1ccc(-c2ccc(C)cc2)nc1. The molecule has 0 aliphatic heterocycles. The first-order valence-electron chi connectivity index (χ1n) is 14.6. The highest BCUT2D eigenvalue weighted by Gasteiger charge is 2.10. The summed E-state index contributed by atoms with van der Waals surface area (Å²) in [5, 5.41) is 2.58. The lowest BCUT2D eigenvalue weighted by Crippen LogP contribution is -2.37. The van der Waals surface area contributed by atoms with Crippen molar-refractivity contribution in [1.82, 2.24) is 10.3 Å². The zero-order valence-corrected chi connectivity index (χ0v) is 26.6. The van der Waals surface area contributed by atoms with Gasteiger partial charge in [0.05, 0.1) is 38.2 Å². The first-order valence-corrected chi connectivity index (χ1v) is 14.6. The van der Waals surface area contributed by atoms with E-state index >= 15 is 0 Å². The highest BCUT2D eigenvalue weighted by molar-refractivity contribution is 5.95. The molecule has 0 bridgehead atoms. The third-order valence-corrected chi connectivity index (χ3v) is 5.43. The molecule has 1 heterocycles. The smallest absolute Gasteiger partial charge is 0.207 e. The van der Waals surface area contributed by atoms with Crippen LogP contribution in [0, 0.1) is 12.8 Å². The number of carbonyl (C=O) groups excluding carboxylic acids is 4. The molecular formula is C33H52N2O6. The first-order chi connectivity index (χ1) is 19.7. The first kappa shape index (κ1) is 39.9. The molecule has 2 rings (SSSR count). The largest absolute Gasteiger partial charge is 0.379 e. The molecule has 1 amide bonds. The minimum absolute atomic E-state index is 0.0115. The fraction of sp³-hybridized carbons (Fsp3) is 0.545. The van der Waals surface area contributed by atoms with E-state index in [1.807, 2.05) is 72.7 Å². The molecule has 0 saturated heterocycles. The number of Topliss-reactive ketones (excluding diaryl/α,β-unsaturated/α-hetero) is 3. The number of aryl methyl sites for hydroxylation is 1. The molecule has 0 saturated carbocycles. The summed E-state index contributed by atoms with van der Waals surface area (Å²) < 4.78 is 10.6. The summed E-state index contributed by atoms with van der Waals surface area (Å²) in [5.41, 5.74) is 3.89. The average Bonchev–Trinajstić information content (AvgIpc) is 2.99.